The maximum absolute atomic E-state index is 13.2. The fraction of sp³-hybridized carbons (Fsp3) is 0.136. The lowest BCUT2D eigenvalue weighted by Crippen LogP contribution is -2.31. The summed E-state index contributed by atoms with van der Waals surface area (Å²) < 4.78 is 2.05. The van der Waals surface area contributed by atoms with Gasteiger partial charge in [0.1, 0.15) is 0 Å². The highest BCUT2D eigenvalue weighted by Gasteiger charge is 2.21. The van der Waals surface area contributed by atoms with E-state index in [1.807, 2.05) is 55.5 Å². The molecule has 4 rings (SSSR count). The van der Waals surface area contributed by atoms with Gasteiger partial charge in [0, 0.05) is 16.9 Å². The van der Waals surface area contributed by atoms with Crippen LogP contribution >= 0.6 is 27.3 Å². The number of nitrogens with zero attached hydrogens (tertiary/aromatic N) is 3. The van der Waals surface area contributed by atoms with Crippen LogP contribution in [0.4, 0.5) is 5.13 Å². The molecule has 140 valence electrons. The number of halogens is 1. The summed E-state index contributed by atoms with van der Waals surface area (Å²) in [5.41, 5.74) is 4.02. The van der Waals surface area contributed by atoms with Gasteiger partial charge in [0.05, 0.1) is 23.2 Å². The number of anilines is 1. The van der Waals surface area contributed by atoms with Gasteiger partial charge in [-0.3, -0.25) is 14.7 Å². The van der Waals surface area contributed by atoms with Crippen LogP contribution in [0, 0.1) is 6.92 Å². The van der Waals surface area contributed by atoms with Crippen molar-refractivity contribution >= 4 is 48.5 Å². The van der Waals surface area contributed by atoms with Gasteiger partial charge in [-0.2, -0.15) is 0 Å². The minimum absolute atomic E-state index is 0.0209. The maximum Gasteiger partial charge on any atom is 0.233 e. The first-order valence-corrected chi connectivity index (χ1v) is 10.5. The number of pyridine rings is 1. The van der Waals surface area contributed by atoms with Gasteiger partial charge in [0.25, 0.3) is 0 Å². The average Bonchev–Trinajstić information content (AvgIpc) is 3.09. The number of rotatable bonds is 5. The fourth-order valence-electron chi connectivity index (χ4n) is 3.03. The molecule has 0 radical (unpaired) electrons. The molecule has 1 amide bonds. The molecule has 6 heteroatoms. The molecule has 2 aromatic carbocycles. The number of carbonyl (C=O) groups excluding carboxylic acids is 1. The Morgan fingerprint density at radius 2 is 1.96 bits per heavy atom. The Kier molecular flexibility index (Phi) is 5.50. The third-order valence-corrected chi connectivity index (χ3v) is 5.91. The number of amides is 1. The molecule has 4 aromatic rings. The predicted octanol–water partition coefficient (Wildman–Crippen LogP) is 5.54. The van der Waals surface area contributed by atoms with Crippen LogP contribution in [0.1, 0.15) is 16.7 Å². The molecular formula is C22H18BrN3OS. The Bertz CT molecular complexity index is 1130. The third-order valence-electron chi connectivity index (χ3n) is 4.37. The first-order chi connectivity index (χ1) is 13.6. The quantitative estimate of drug-likeness (QED) is 0.400. The summed E-state index contributed by atoms with van der Waals surface area (Å²) in [7, 11) is 0. The molecule has 0 spiro atoms. The van der Waals surface area contributed by atoms with E-state index in [9.17, 15) is 4.79 Å². The van der Waals surface area contributed by atoms with Crippen LogP contribution < -0.4 is 4.90 Å². The second-order valence-corrected chi connectivity index (χ2v) is 8.54. The standard InChI is InChI=1S/C22H18BrN3OS/c1-15-4-2-5-16(10-15)11-21(27)26(14-17-6-3-9-24-13-17)22-25-19-8-7-18(23)12-20(19)28-22/h2-10,12-13H,11,14H2,1H3. The van der Waals surface area contributed by atoms with E-state index in [2.05, 4.69) is 27.0 Å². The molecule has 0 aliphatic carbocycles. The van der Waals surface area contributed by atoms with Gasteiger partial charge in [-0.15, -0.1) is 0 Å². The Morgan fingerprint density at radius 1 is 1.11 bits per heavy atom. The van der Waals surface area contributed by atoms with E-state index in [1.165, 1.54) is 11.3 Å². The van der Waals surface area contributed by atoms with Crippen LogP contribution in [0.15, 0.2) is 71.5 Å². The summed E-state index contributed by atoms with van der Waals surface area (Å²) in [5.74, 6) is 0.0209. The van der Waals surface area contributed by atoms with Gasteiger partial charge in [-0.25, -0.2) is 4.98 Å². The Hall–Kier alpha value is -2.57. The Labute approximate surface area is 176 Å². The number of aromatic nitrogens is 2. The van der Waals surface area contributed by atoms with Crippen LogP contribution in [0.3, 0.4) is 0 Å². The Balaban J connectivity index is 1.68. The summed E-state index contributed by atoms with van der Waals surface area (Å²) in [6, 6.07) is 17.9. The highest BCUT2D eigenvalue weighted by molar-refractivity contribution is 9.10. The van der Waals surface area contributed by atoms with Gasteiger partial charge in [0.15, 0.2) is 5.13 Å². The van der Waals surface area contributed by atoms with Crippen LogP contribution in [0.5, 0.6) is 0 Å². The SMILES string of the molecule is Cc1cccc(CC(=O)N(Cc2cccnc2)c2nc3ccc(Br)cc3s2)c1. The van der Waals surface area contributed by atoms with Crippen LogP contribution in [-0.2, 0) is 17.8 Å². The van der Waals surface area contributed by atoms with Crippen molar-refractivity contribution in [2.75, 3.05) is 4.90 Å². The molecule has 0 bridgehead atoms. The minimum Gasteiger partial charge on any atom is -0.283 e. The molecule has 0 unspecified atom stereocenters. The molecule has 0 aliphatic heterocycles. The van der Waals surface area contributed by atoms with E-state index < -0.39 is 0 Å². The van der Waals surface area contributed by atoms with E-state index in [0.29, 0.717) is 18.1 Å². The molecule has 4 nitrogen and oxygen atoms in total. The van der Waals surface area contributed by atoms with Gasteiger partial charge < -0.3 is 0 Å². The third kappa shape index (κ3) is 4.29. The number of benzene rings is 2. The van der Waals surface area contributed by atoms with Crippen molar-refractivity contribution in [1.29, 1.82) is 0 Å². The molecule has 0 aliphatic rings. The largest absolute Gasteiger partial charge is 0.283 e. The zero-order valence-corrected chi connectivity index (χ0v) is 17.7. The van der Waals surface area contributed by atoms with Crippen molar-refractivity contribution < 1.29 is 4.79 Å². The van der Waals surface area contributed by atoms with Crippen molar-refractivity contribution in [3.63, 3.8) is 0 Å². The molecule has 0 fully saturated rings. The highest BCUT2D eigenvalue weighted by atomic mass is 79.9. The monoisotopic (exact) mass is 451 g/mol. The first kappa shape index (κ1) is 18.8. The van der Waals surface area contributed by atoms with E-state index in [-0.39, 0.29) is 5.91 Å². The first-order valence-electron chi connectivity index (χ1n) is 8.89. The average molecular weight is 452 g/mol. The van der Waals surface area contributed by atoms with Crippen molar-refractivity contribution in [2.45, 2.75) is 19.9 Å². The van der Waals surface area contributed by atoms with Crippen LogP contribution in [-0.4, -0.2) is 15.9 Å². The molecular weight excluding hydrogens is 434 g/mol. The van der Waals surface area contributed by atoms with Crippen molar-refractivity contribution in [1.82, 2.24) is 9.97 Å². The second kappa shape index (κ2) is 8.20. The topological polar surface area (TPSA) is 46.1 Å². The Morgan fingerprint density at radius 3 is 2.75 bits per heavy atom. The van der Waals surface area contributed by atoms with Gasteiger partial charge >= 0.3 is 0 Å². The molecule has 0 saturated carbocycles. The lowest BCUT2D eigenvalue weighted by Gasteiger charge is -2.20. The van der Waals surface area contributed by atoms with Crippen LogP contribution in [0.25, 0.3) is 10.2 Å². The van der Waals surface area contributed by atoms with Crippen LogP contribution in [0.2, 0.25) is 0 Å². The number of hydrogen-bond acceptors (Lipinski definition) is 4. The number of hydrogen-bond donors (Lipinski definition) is 0. The molecule has 28 heavy (non-hydrogen) atoms. The zero-order chi connectivity index (χ0) is 19.5. The summed E-state index contributed by atoms with van der Waals surface area (Å²) >= 11 is 5.03. The molecule has 0 atom stereocenters. The smallest absolute Gasteiger partial charge is 0.233 e. The van der Waals surface area contributed by atoms with Crippen molar-refractivity contribution in [2.24, 2.45) is 0 Å². The second-order valence-electron chi connectivity index (χ2n) is 6.62. The maximum atomic E-state index is 13.2. The van der Waals surface area contributed by atoms with Crippen molar-refractivity contribution in [3.05, 3.63) is 88.2 Å². The van der Waals surface area contributed by atoms with Gasteiger partial charge in [0.2, 0.25) is 5.91 Å². The summed E-state index contributed by atoms with van der Waals surface area (Å²) in [4.78, 5) is 23.9. The zero-order valence-electron chi connectivity index (χ0n) is 15.3. The predicted molar refractivity (Wildman–Crippen MR) is 118 cm³/mol. The number of fused-ring (bicyclic) bond motifs is 1. The molecule has 0 saturated heterocycles. The number of aryl methyl sites for hydroxylation is 1. The molecule has 2 heterocycles. The summed E-state index contributed by atoms with van der Waals surface area (Å²) in [6.45, 7) is 2.48. The van der Waals surface area contributed by atoms with E-state index in [4.69, 9.17) is 4.98 Å². The number of carbonyl (C=O) groups is 1. The van der Waals surface area contributed by atoms with Crippen molar-refractivity contribution in [3.8, 4) is 0 Å². The lowest BCUT2D eigenvalue weighted by molar-refractivity contribution is -0.118. The highest BCUT2D eigenvalue weighted by Crippen LogP contribution is 2.32. The van der Waals surface area contributed by atoms with Gasteiger partial charge in [-0.05, 0) is 42.3 Å². The summed E-state index contributed by atoms with van der Waals surface area (Å²) in [6.07, 6.45) is 3.86. The lowest BCUT2D eigenvalue weighted by atomic mass is 10.1. The number of thiazole rings is 1. The van der Waals surface area contributed by atoms with E-state index in [0.717, 1.165) is 31.4 Å². The normalized spacial score (nSPS) is 10.9. The minimum atomic E-state index is 0.0209. The molecule has 2 aromatic heterocycles. The summed E-state index contributed by atoms with van der Waals surface area (Å²) in [5, 5.41) is 0.703. The van der Waals surface area contributed by atoms with E-state index >= 15 is 0 Å². The fourth-order valence-corrected chi connectivity index (χ4v) is 4.56. The van der Waals surface area contributed by atoms with Gasteiger partial charge in [-0.1, -0.05) is 63.2 Å². The van der Waals surface area contributed by atoms with E-state index in [1.54, 1.807) is 17.3 Å². The molecule has 0 N–H and O–H groups in total.